The normalized spacial score (nSPS) is 20.9. The van der Waals surface area contributed by atoms with E-state index in [1.54, 1.807) is 0 Å². The Morgan fingerprint density at radius 3 is 2.79 bits per heavy atom. The first kappa shape index (κ1) is 18.2. The highest BCUT2D eigenvalue weighted by molar-refractivity contribution is 9.10. The van der Waals surface area contributed by atoms with E-state index in [4.69, 9.17) is 21.3 Å². The third-order valence-corrected chi connectivity index (χ3v) is 6.66. The number of imidazole rings is 1. The Morgan fingerprint density at radius 2 is 2.17 bits per heavy atom. The van der Waals surface area contributed by atoms with Crippen LogP contribution in [0.4, 0.5) is 0 Å². The van der Waals surface area contributed by atoms with Crippen molar-refractivity contribution in [1.82, 2.24) is 14.9 Å². The largest absolute Gasteiger partial charge is 0.361 e. The Balaban J connectivity index is 1.80. The van der Waals surface area contributed by atoms with Crippen LogP contribution in [-0.4, -0.2) is 29.5 Å². The lowest BCUT2D eigenvalue weighted by molar-refractivity contribution is 0.0828. The molecule has 5 nitrogen and oxygen atoms in total. The zero-order valence-corrected chi connectivity index (χ0v) is 17.7. The van der Waals surface area contributed by atoms with Crippen LogP contribution in [0.3, 0.4) is 0 Å². The molecule has 0 bridgehead atoms. The molecule has 8 heteroatoms. The van der Waals surface area contributed by atoms with Gasteiger partial charge in [-0.15, -0.1) is 0 Å². The van der Waals surface area contributed by atoms with E-state index >= 15 is 0 Å². The van der Waals surface area contributed by atoms with Gasteiger partial charge in [0.25, 0.3) is 0 Å². The molecule has 1 aromatic rings. The molecule has 1 fully saturated rings. The lowest BCUT2D eigenvalue weighted by Crippen LogP contribution is -2.23. The van der Waals surface area contributed by atoms with E-state index < -0.39 is 8.07 Å². The number of aromatic nitrogens is 2. The molecule has 1 atom stereocenters. The van der Waals surface area contributed by atoms with Crippen molar-refractivity contribution in [2.75, 3.05) is 6.61 Å². The van der Waals surface area contributed by atoms with Crippen LogP contribution in [0, 0.1) is 0 Å². The van der Waals surface area contributed by atoms with Crippen molar-refractivity contribution in [3.05, 3.63) is 28.4 Å². The molecule has 1 unspecified atom stereocenters. The van der Waals surface area contributed by atoms with Crippen molar-refractivity contribution >= 4 is 40.9 Å². The van der Waals surface area contributed by atoms with E-state index in [0.717, 1.165) is 28.8 Å². The predicted molar refractivity (Wildman–Crippen MR) is 104 cm³/mol. The molecule has 132 valence electrons. The molecular formula is C16H24BrClN4OSi. The first-order valence-electron chi connectivity index (χ1n) is 8.35. The zero-order valence-electron chi connectivity index (χ0n) is 14.4. The highest BCUT2D eigenvalue weighted by Crippen LogP contribution is 2.42. The second-order valence-corrected chi connectivity index (χ2v) is 14.3. The van der Waals surface area contributed by atoms with Crippen LogP contribution in [-0.2, 0) is 11.5 Å². The van der Waals surface area contributed by atoms with E-state index in [1.165, 1.54) is 12.8 Å². The first-order chi connectivity index (χ1) is 11.3. The third kappa shape index (κ3) is 4.50. The van der Waals surface area contributed by atoms with Crippen LogP contribution < -0.4 is 5.32 Å². The fourth-order valence-corrected chi connectivity index (χ4v) is 4.18. The quantitative estimate of drug-likeness (QED) is 0.390. The molecule has 0 aromatic carbocycles. The number of amidine groups is 1. The molecule has 2 aliphatic rings. The van der Waals surface area contributed by atoms with Gasteiger partial charge in [0.15, 0.2) is 5.29 Å². The first-order valence-corrected chi connectivity index (χ1v) is 13.2. The number of halogens is 2. The Kier molecular flexibility index (Phi) is 5.54. The van der Waals surface area contributed by atoms with Crippen LogP contribution in [0.15, 0.2) is 21.9 Å². The summed E-state index contributed by atoms with van der Waals surface area (Å²) >= 11 is 9.65. The summed E-state index contributed by atoms with van der Waals surface area (Å²) in [5.74, 6) is 1.64. The summed E-state index contributed by atoms with van der Waals surface area (Å²) in [6.45, 7) is 8.40. The molecular weight excluding hydrogens is 408 g/mol. The molecule has 0 amide bonds. The van der Waals surface area contributed by atoms with Gasteiger partial charge in [0, 0.05) is 26.8 Å². The highest BCUT2D eigenvalue weighted by Gasteiger charge is 2.33. The highest BCUT2D eigenvalue weighted by atomic mass is 79.9. The molecule has 1 aromatic heterocycles. The second kappa shape index (κ2) is 7.31. The van der Waals surface area contributed by atoms with E-state index in [2.05, 4.69) is 50.4 Å². The number of aliphatic imine (C=N–C) groups is 1. The van der Waals surface area contributed by atoms with E-state index in [1.807, 2.05) is 12.3 Å². The van der Waals surface area contributed by atoms with Crippen molar-refractivity contribution in [2.24, 2.45) is 4.99 Å². The molecule has 1 aliphatic carbocycles. The molecule has 0 spiro atoms. The van der Waals surface area contributed by atoms with Gasteiger partial charge in [0.2, 0.25) is 0 Å². The van der Waals surface area contributed by atoms with Gasteiger partial charge in [0.1, 0.15) is 23.2 Å². The van der Waals surface area contributed by atoms with Gasteiger partial charge in [-0.25, -0.2) is 9.98 Å². The Labute approximate surface area is 157 Å². The molecule has 1 N–H and O–H groups in total. The van der Waals surface area contributed by atoms with Gasteiger partial charge in [-0.05, 0) is 52.5 Å². The zero-order chi connectivity index (χ0) is 17.3. The van der Waals surface area contributed by atoms with Gasteiger partial charge in [-0.1, -0.05) is 19.6 Å². The van der Waals surface area contributed by atoms with Crippen molar-refractivity contribution in [1.29, 1.82) is 0 Å². The van der Waals surface area contributed by atoms with E-state index in [0.29, 0.717) is 17.9 Å². The minimum absolute atomic E-state index is 0.145. The standard InChI is InChI=1S/C16H24BrClN4OSi/c1-24(2,3)9-8-23-10-22-13(12-6-7-19-16(18)20-12)14(17)21-15(22)11-4-5-11/h6-7,11-12H,4-5,8-10H2,1-3H3,(H,19,20). The van der Waals surface area contributed by atoms with Crippen LogP contribution >= 0.6 is 27.5 Å². The molecule has 24 heavy (non-hydrogen) atoms. The Bertz CT molecular complexity index is 664. The average molecular weight is 432 g/mol. The van der Waals surface area contributed by atoms with Crippen LogP contribution in [0.2, 0.25) is 25.7 Å². The fraction of sp³-hybridized carbons (Fsp3) is 0.625. The summed E-state index contributed by atoms with van der Waals surface area (Å²) in [6, 6.07) is 1.02. The molecule has 3 rings (SSSR count). The van der Waals surface area contributed by atoms with Crippen molar-refractivity contribution in [3.63, 3.8) is 0 Å². The minimum Gasteiger partial charge on any atom is -0.361 e. The molecule has 1 aliphatic heterocycles. The maximum atomic E-state index is 6.04. The number of ether oxygens (including phenoxy) is 1. The summed E-state index contributed by atoms with van der Waals surface area (Å²) in [6.07, 6.45) is 6.21. The van der Waals surface area contributed by atoms with Crippen molar-refractivity contribution in [2.45, 2.75) is 57.2 Å². The van der Waals surface area contributed by atoms with Crippen molar-refractivity contribution in [3.8, 4) is 0 Å². The maximum absolute atomic E-state index is 6.04. The number of nitrogens with zero attached hydrogens (tertiary/aromatic N) is 3. The molecule has 0 radical (unpaired) electrons. The summed E-state index contributed by atoms with van der Waals surface area (Å²) in [5, 5.41) is 3.29. The van der Waals surface area contributed by atoms with Crippen LogP contribution in [0.25, 0.3) is 0 Å². The van der Waals surface area contributed by atoms with Gasteiger partial charge in [-0.3, -0.25) is 0 Å². The number of nitrogens with one attached hydrogen (secondary N) is 1. The van der Waals surface area contributed by atoms with Crippen LogP contribution in [0.5, 0.6) is 0 Å². The summed E-state index contributed by atoms with van der Waals surface area (Å²) in [5.41, 5.74) is 1.01. The average Bonchev–Trinajstić information content (AvgIpc) is 3.27. The second-order valence-electron chi connectivity index (χ2n) is 7.56. The fourth-order valence-electron chi connectivity index (χ4n) is 2.62. The lowest BCUT2D eigenvalue weighted by atomic mass is 10.2. The van der Waals surface area contributed by atoms with E-state index in [9.17, 15) is 0 Å². The number of hydrogen-bond donors (Lipinski definition) is 1. The molecule has 1 saturated carbocycles. The maximum Gasteiger partial charge on any atom is 0.196 e. The van der Waals surface area contributed by atoms with Crippen molar-refractivity contribution < 1.29 is 4.74 Å². The topological polar surface area (TPSA) is 51.4 Å². The SMILES string of the molecule is C[Si](C)(C)CCOCn1c(C2CC2)nc(Br)c1C1C=CNC(Cl)=N1. The van der Waals surface area contributed by atoms with Crippen LogP contribution in [0.1, 0.15) is 36.3 Å². The van der Waals surface area contributed by atoms with Gasteiger partial charge >= 0.3 is 0 Å². The van der Waals surface area contributed by atoms with Gasteiger partial charge in [0.05, 0.1) is 5.69 Å². The predicted octanol–water partition coefficient (Wildman–Crippen LogP) is 4.59. The molecule has 0 saturated heterocycles. The summed E-state index contributed by atoms with van der Waals surface area (Å²) < 4.78 is 9.02. The molecule has 2 heterocycles. The lowest BCUT2D eigenvalue weighted by Gasteiger charge is -2.19. The number of hydrogen-bond acceptors (Lipinski definition) is 4. The summed E-state index contributed by atoms with van der Waals surface area (Å²) in [4.78, 5) is 9.22. The monoisotopic (exact) mass is 430 g/mol. The van der Waals surface area contributed by atoms with Gasteiger partial charge in [-0.2, -0.15) is 0 Å². The minimum atomic E-state index is -1.09. The Hall–Kier alpha value is -0.633. The Morgan fingerprint density at radius 1 is 1.42 bits per heavy atom. The number of rotatable bonds is 7. The van der Waals surface area contributed by atoms with Gasteiger partial charge < -0.3 is 14.6 Å². The van der Waals surface area contributed by atoms with E-state index in [-0.39, 0.29) is 6.04 Å². The smallest absolute Gasteiger partial charge is 0.196 e. The third-order valence-electron chi connectivity index (χ3n) is 4.16. The summed E-state index contributed by atoms with van der Waals surface area (Å²) in [7, 11) is -1.09.